The van der Waals surface area contributed by atoms with Crippen molar-refractivity contribution in [3.8, 4) is 5.75 Å². The first-order valence-corrected chi connectivity index (χ1v) is 12.3. The molecule has 0 saturated carbocycles. The molecule has 1 aliphatic heterocycles. The number of hydrogen-bond donors (Lipinski definition) is 1. The van der Waals surface area contributed by atoms with Gasteiger partial charge in [0.1, 0.15) is 11.0 Å². The number of carbonyl (C=O) groups is 1. The lowest BCUT2D eigenvalue weighted by molar-refractivity contribution is -0.134. The molecule has 6 nitrogen and oxygen atoms in total. The number of nitrogens with zero attached hydrogens (tertiary/aromatic N) is 2. The summed E-state index contributed by atoms with van der Waals surface area (Å²) in [5, 5.41) is 10.0. The van der Waals surface area contributed by atoms with Gasteiger partial charge in [0.05, 0.1) is 6.54 Å². The van der Waals surface area contributed by atoms with Gasteiger partial charge >= 0.3 is 0 Å². The molecule has 4 rings (SSSR count). The van der Waals surface area contributed by atoms with E-state index < -0.39 is 15.3 Å². The van der Waals surface area contributed by atoms with Gasteiger partial charge in [0, 0.05) is 39.6 Å². The second kappa shape index (κ2) is 8.63. The quantitative estimate of drug-likeness (QED) is 0.542. The van der Waals surface area contributed by atoms with Gasteiger partial charge in [-0.1, -0.05) is 35.9 Å². The fourth-order valence-corrected chi connectivity index (χ4v) is 7.09. The number of sulfonamides is 1. The van der Waals surface area contributed by atoms with Crippen molar-refractivity contribution in [3.63, 3.8) is 0 Å². The summed E-state index contributed by atoms with van der Waals surface area (Å²) < 4.78 is 28.8. The Morgan fingerprint density at radius 3 is 2.65 bits per heavy atom. The van der Waals surface area contributed by atoms with Crippen molar-refractivity contribution >= 4 is 49.0 Å². The smallest absolute Gasteiger partial charge is 0.238 e. The molecule has 1 amide bonds. The van der Waals surface area contributed by atoms with Crippen LogP contribution < -0.4 is 0 Å². The summed E-state index contributed by atoms with van der Waals surface area (Å²) in [7, 11) is -3.83. The number of aromatic hydroxyl groups is 1. The van der Waals surface area contributed by atoms with Crippen LogP contribution in [0.25, 0.3) is 10.1 Å². The maximum atomic E-state index is 13.4. The van der Waals surface area contributed by atoms with Gasteiger partial charge in [-0.3, -0.25) is 4.79 Å². The highest BCUT2D eigenvalue weighted by Gasteiger charge is 2.37. The molecule has 1 aromatic heterocycles. The number of carbonyl (C=O) groups excluding carboxylic acids is 1. The van der Waals surface area contributed by atoms with Gasteiger partial charge in [-0.15, -0.1) is 17.9 Å². The first-order chi connectivity index (χ1) is 14.8. The Morgan fingerprint density at radius 1 is 1.19 bits per heavy atom. The van der Waals surface area contributed by atoms with E-state index in [4.69, 9.17) is 11.6 Å². The van der Waals surface area contributed by atoms with E-state index in [2.05, 4.69) is 6.58 Å². The zero-order valence-electron chi connectivity index (χ0n) is 16.6. The summed E-state index contributed by atoms with van der Waals surface area (Å²) in [6.45, 7) is 4.30. The molecule has 0 aliphatic carbocycles. The Bertz CT molecular complexity index is 1260. The highest BCUT2D eigenvalue weighted by Crippen LogP contribution is 2.38. The monoisotopic (exact) mass is 476 g/mol. The van der Waals surface area contributed by atoms with Crippen LogP contribution in [0.15, 0.2) is 61.2 Å². The van der Waals surface area contributed by atoms with Crippen molar-refractivity contribution < 1.29 is 18.3 Å². The van der Waals surface area contributed by atoms with Crippen LogP contribution in [0, 0.1) is 0 Å². The minimum atomic E-state index is -3.83. The lowest BCUT2D eigenvalue weighted by Crippen LogP contribution is -2.52. The second-order valence-corrected chi connectivity index (χ2v) is 10.9. The molecule has 162 valence electrons. The highest BCUT2D eigenvalue weighted by atomic mass is 35.5. The third-order valence-electron chi connectivity index (χ3n) is 5.27. The van der Waals surface area contributed by atoms with Crippen LogP contribution >= 0.6 is 22.9 Å². The first kappa shape index (κ1) is 21.8. The Kier molecular flexibility index (Phi) is 6.07. The Balaban J connectivity index is 1.53. The summed E-state index contributed by atoms with van der Waals surface area (Å²) in [5.74, 6) is -0.149. The number of rotatable bonds is 6. The van der Waals surface area contributed by atoms with Crippen molar-refractivity contribution in [3.05, 3.63) is 76.6 Å². The van der Waals surface area contributed by atoms with Crippen LogP contribution in [0.1, 0.15) is 15.7 Å². The molecule has 1 unspecified atom stereocenters. The van der Waals surface area contributed by atoms with Crippen LogP contribution in [0.3, 0.4) is 0 Å². The van der Waals surface area contributed by atoms with Crippen molar-refractivity contribution in [2.24, 2.45) is 0 Å². The zero-order chi connectivity index (χ0) is 22.2. The van der Waals surface area contributed by atoms with Gasteiger partial charge in [-0.2, -0.15) is 4.31 Å². The number of phenolic OH excluding ortho intramolecular Hbond substituents is 1. The average Bonchev–Trinajstić information content (AvgIpc) is 3.15. The van der Waals surface area contributed by atoms with Gasteiger partial charge in [0.25, 0.3) is 0 Å². The van der Waals surface area contributed by atoms with Gasteiger partial charge in [0.15, 0.2) is 0 Å². The van der Waals surface area contributed by atoms with E-state index in [1.165, 1.54) is 21.7 Å². The molecule has 1 aliphatic rings. The van der Waals surface area contributed by atoms with E-state index in [1.807, 2.05) is 18.2 Å². The second-order valence-electron chi connectivity index (χ2n) is 7.32. The molecule has 1 fully saturated rings. The number of thiophene rings is 1. The molecule has 0 spiro atoms. The fourth-order valence-electron chi connectivity index (χ4n) is 3.68. The Hall–Kier alpha value is -2.39. The lowest BCUT2D eigenvalue weighted by atomic mass is 10.2. The number of benzene rings is 2. The zero-order valence-corrected chi connectivity index (χ0v) is 19.0. The predicted molar refractivity (Wildman–Crippen MR) is 124 cm³/mol. The molecule has 2 heterocycles. The van der Waals surface area contributed by atoms with Gasteiger partial charge in [-0.25, -0.2) is 8.42 Å². The number of amides is 1. The van der Waals surface area contributed by atoms with Crippen molar-refractivity contribution in [2.75, 3.05) is 19.6 Å². The van der Waals surface area contributed by atoms with E-state index in [-0.39, 0.29) is 31.3 Å². The summed E-state index contributed by atoms with van der Waals surface area (Å²) in [5.41, 5.74) is 0.788. The SMILES string of the molecule is C=CC(c1cc2c(Cl)cccc2s1)S(=O)(=O)N1CCN(Cc2cccc(O)c2)C(=O)C1. The molecular weight excluding hydrogens is 456 g/mol. The number of fused-ring (bicyclic) bond motifs is 1. The molecule has 31 heavy (non-hydrogen) atoms. The minimum Gasteiger partial charge on any atom is -0.508 e. The maximum Gasteiger partial charge on any atom is 0.238 e. The molecule has 0 bridgehead atoms. The Morgan fingerprint density at radius 2 is 1.97 bits per heavy atom. The largest absolute Gasteiger partial charge is 0.508 e. The van der Waals surface area contributed by atoms with E-state index in [9.17, 15) is 18.3 Å². The Labute approximate surface area is 190 Å². The van der Waals surface area contributed by atoms with Crippen LogP contribution in [-0.4, -0.2) is 48.3 Å². The van der Waals surface area contributed by atoms with Gasteiger partial charge < -0.3 is 10.0 Å². The molecule has 9 heteroatoms. The normalized spacial score (nSPS) is 16.5. The molecule has 3 aromatic rings. The predicted octanol–water partition coefficient (Wildman–Crippen LogP) is 4.16. The lowest BCUT2D eigenvalue weighted by Gasteiger charge is -2.35. The topological polar surface area (TPSA) is 77.9 Å². The minimum absolute atomic E-state index is 0.128. The first-order valence-electron chi connectivity index (χ1n) is 9.65. The highest BCUT2D eigenvalue weighted by molar-refractivity contribution is 7.89. The maximum absolute atomic E-state index is 13.4. The number of piperazine rings is 1. The molecule has 1 atom stereocenters. The van der Waals surface area contributed by atoms with Crippen LogP contribution in [0.2, 0.25) is 5.02 Å². The van der Waals surface area contributed by atoms with E-state index in [0.717, 1.165) is 15.6 Å². The average molecular weight is 477 g/mol. The van der Waals surface area contributed by atoms with E-state index >= 15 is 0 Å². The van der Waals surface area contributed by atoms with E-state index in [0.29, 0.717) is 16.4 Å². The summed E-state index contributed by atoms with van der Waals surface area (Å²) in [6.07, 6.45) is 1.40. The van der Waals surface area contributed by atoms with E-state index in [1.54, 1.807) is 35.2 Å². The van der Waals surface area contributed by atoms with Gasteiger partial charge in [-0.05, 0) is 35.9 Å². The molecular formula is C22H21ClN2O4S2. The molecule has 1 saturated heterocycles. The fraction of sp³-hybridized carbons (Fsp3) is 0.227. The number of phenols is 1. The van der Waals surface area contributed by atoms with Crippen molar-refractivity contribution in [2.45, 2.75) is 11.8 Å². The molecule has 0 radical (unpaired) electrons. The number of halogens is 1. The summed E-state index contributed by atoms with van der Waals surface area (Å²) >= 11 is 7.61. The van der Waals surface area contributed by atoms with Crippen LogP contribution in [0.5, 0.6) is 5.75 Å². The molecule has 2 aromatic carbocycles. The molecule has 1 N–H and O–H groups in total. The van der Waals surface area contributed by atoms with Crippen LogP contribution in [-0.2, 0) is 21.4 Å². The number of hydrogen-bond acceptors (Lipinski definition) is 5. The van der Waals surface area contributed by atoms with Crippen LogP contribution in [0.4, 0.5) is 0 Å². The third-order valence-corrected chi connectivity index (χ3v) is 9.05. The van der Waals surface area contributed by atoms with Gasteiger partial charge in [0.2, 0.25) is 15.9 Å². The van der Waals surface area contributed by atoms with Crippen molar-refractivity contribution in [1.82, 2.24) is 9.21 Å². The summed E-state index contributed by atoms with van der Waals surface area (Å²) in [6, 6.07) is 14.0. The standard InChI is InChI=1S/C22H21ClN2O4S2/c1-2-21(20-12-17-18(23)7-4-8-19(17)30-20)31(28,29)25-10-9-24(22(27)14-25)13-15-5-3-6-16(26)11-15/h2-8,11-12,21,26H,1,9-10,13-14H2. The summed E-state index contributed by atoms with van der Waals surface area (Å²) in [4.78, 5) is 14.9. The van der Waals surface area contributed by atoms with Crippen molar-refractivity contribution in [1.29, 1.82) is 0 Å². The third kappa shape index (κ3) is 4.34.